The Hall–Kier alpha value is -1.59. The second-order valence-corrected chi connectivity index (χ2v) is 18.2. The maximum Gasteiger partial charge on any atom is 0.306 e. The first-order valence-electron chi connectivity index (χ1n) is 26.5. The summed E-state index contributed by atoms with van der Waals surface area (Å²) in [5, 5.41) is 0. The van der Waals surface area contributed by atoms with E-state index in [1.807, 2.05) is 0 Å². The highest BCUT2D eigenvalue weighted by molar-refractivity contribution is 5.71. The van der Waals surface area contributed by atoms with E-state index >= 15 is 0 Å². The molecule has 0 spiro atoms. The van der Waals surface area contributed by atoms with Crippen molar-refractivity contribution in [1.82, 2.24) is 0 Å². The third-order valence-electron chi connectivity index (χ3n) is 12.1. The third kappa shape index (κ3) is 47.3. The predicted molar refractivity (Wildman–Crippen MR) is 252 cm³/mol. The molecular formula is C53H102O6. The molecule has 0 saturated heterocycles. The lowest BCUT2D eigenvalue weighted by Crippen LogP contribution is -2.30. The van der Waals surface area contributed by atoms with Crippen LogP contribution in [0.15, 0.2) is 0 Å². The molecule has 6 nitrogen and oxygen atoms in total. The maximum absolute atomic E-state index is 12.8. The molecule has 0 aromatic rings. The van der Waals surface area contributed by atoms with E-state index in [-0.39, 0.29) is 31.1 Å². The first kappa shape index (κ1) is 57.4. The predicted octanol–water partition coefficient (Wildman–Crippen LogP) is 17.2. The van der Waals surface area contributed by atoms with Gasteiger partial charge in [-0.05, 0) is 19.3 Å². The van der Waals surface area contributed by atoms with Crippen molar-refractivity contribution in [3.8, 4) is 0 Å². The molecule has 6 heteroatoms. The molecule has 0 aromatic carbocycles. The van der Waals surface area contributed by atoms with Crippen LogP contribution in [0.2, 0.25) is 0 Å². The first-order valence-corrected chi connectivity index (χ1v) is 26.5. The van der Waals surface area contributed by atoms with Crippen molar-refractivity contribution in [2.45, 2.75) is 309 Å². The van der Waals surface area contributed by atoms with E-state index in [1.54, 1.807) is 0 Å². The molecule has 0 aliphatic rings. The highest BCUT2D eigenvalue weighted by Gasteiger charge is 2.19. The topological polar surface area (TPSA) is 78.9 Å². The maximum atomic E-state index is 12.8. The van der Waals surface area contributed by atoms with Gasteiger partial charge in [-0.15, -0.1) is 0 Å². The summed E-state index contributed by atoms with van der Waals surface area (Å²) in [6.07, 6.45) is 52.2. The highest BCUT2D eigenvalue weighted by Crippen LogP contribution is 2.17. The summed E-state index contributed by atoms with van der Waals surface area (Å²) in [4.78, 5) is 38.0. The second kappa shape index (κ2) is 49.1. The molecule has 0 bridgehead atoms. The van der Waals surface area contributed by atoms with Crippen LogP contribution < -0.4 is 0 Å². The molecule has 1 unspecified atom stereocenters. The molecule has 0 saturated carbocycles. The lowest BCUT2D eigenvalue weighted by atomic mass is 10.0. The van der Waals surface area contributed by atoms with E-state index in [4.69, 9.17) is 14.2 Å². The number of carbonyl (C=O) groups is 3. The molecule has 1 atom stereocenters. The van der Waals surface area contributed by atoms with Gasteiger partial charge in [0.2, 0.25) is 0 Å². The summed E-state index contributed by atoms with van der Waals surface area (Å²) in [5.41, 5.74) is 0. The van der Waals surface area contributed by atoms with E-state index in [1.165, 1.54) is 205 Å². The van der Waals surface area contributed by atoms with Gasteiger partial charge in [0, 0.05) is 19.3 Å². The fourth-order valence-corrected chi connectivity index (χ4v) is 8.09. The normalized spacial score (nSPS) is 11.8. The minimum Gasteiger partial charge on any atom is -0.462 e. The minimum absolute atomic E-state index is 0.0616. The van der Waals surface area contributed by atoms with Crippen molar-refractivity contribution < 1.29 is 28.6 Å². The van der Waals surface area contributed by atoms with Gasteiger partial charge in [0.05, 0.1) is 0 Å². The Morgan fingerprint density at radius 3 is 0.678 bits per heavy atom. The third-order valence-corrected chi connectivity index (χ3v) is 12.1. The van der Waals surface area contributed by atoms with E-state index in [9.17, 15) is 14.4 Å². The van der Waals surface area contributed by atoms with Crippen LogP contribution in [-0.2, 0) is 28.6 Å². The standard InChI is InChI=1S/C53H102O6/c1-4-7-10-13-16-19-22-25-26-29-31-34-37-40-43-46-52(55)58-49-50(59-53(56)47-44-41-38-35-32-28-24-21-18-15-12-9-6-3)48-57-51(54)45-42-39-36-33-30-27-23-20-17-14-11-8-5-2/h50H,4-49H2,1-3H3. The number of hydrogen-bond donors (Lipinski definition) is 0. The van der Waals surface area contributed by atoms with Gasteiger partial charge in [0.25, 0.3) is 0 Å². The SMILES string of the molecule is CCCCCCCCCCCCCCCCCC(=O)OCC(COC(=O)CCCCCCCCCCCCCCC)OC(=O)CCCCCCCCCCCCCCC. The Bertz CT molecular complexity index is 874. The summed E-state index contributed by atoms with van der Waals surface area (Å²) in [6.45, 7) is 6.68. The Balaban J connectivity index is 4.30. The van der Waals surface area contributed by atoms with Gasteiger partial charge in [-0.25, -0.2) is 0 Å². The Morgan fingerprint density at radius 1 is 0.271 bits per heavy atom. The highest BCUT2D eigenvalue weighted by atomic mass is 16.6. The molecule has 0 heterocycles. The van der Waals surface area contributed by atoms with Crippen LogP contribution in [0.3, 0.4) is 0 Å². The zero-order valence-electron chi connectivity index (χ0n) is 40.1. The summed E-state index contributed by atoms with van der Waals surface area (Å²) in [7, 11) is 0. The summed E-state index contributed by atoms with van der Waals surface area (Å²) in [6, 6.07) is 0. The lowest BCUT2D eigenvalue weighted by molar-refractivity contribution is -0.167. The number of carbonyl (C=O) groups excluding carboxylic acids is 3. The first-order chi connectivity index (χ1) is 29.0. The van der Waals surface area contributed by atoms with Crippen molar-refractivity contribution >= 4 is 17.9 Å². The largest absolute Gasteiger partial charge is 0.462 e. The molecule has 0 fully saturated rings. The molecular weight excluding hydrogens is 733 g/mol. The van der Waals surface area contributed by atoms with Gasteiger partial charge in [0.1, 0.15) is 13.2 Å². The van der Waals surface area contributed by atoms with Crippen LogP contribution >= 0.6 is 0 Å². The fraction of sp³-hybridized carbons (Fsp3) is 0.943. The van der Waals surface area contributed by atoms with Crippen molar-refractivity contribution in [1.29, 1.82) is 0 Å². The fourth-order valence-electron chi connectivity index (χ4n) is 8.09. The molecule has 350 valence electrons. The van der Waals surface area contributed by atoms with Crippen molar-refractivity contribution in [2.24, 2.45) is 0 Å². The van der Waals surface area contributed by atoms with Gasteiger partial charge in [0.15, 0.2) is 6.10 Å². The number of unbranched alkanes of at least 4 members (excludes halogenated alkanes) is 38. The molecule has 0 radical (unpaired) electrons. The van der Waals surface area contributed by atoms with E-state index in [0.29, 0.717) is 19.3 Å². The van der Waals surface area contributed by atoms with E-state index in [2.05, 4.69) is 20.8 Å². The molecule has 59 heavy (non-hydrogen) atoms. The number of rotatable bonds is 49. The zero-order valence-corrected chi connectivity index (χ0v) is 40.1. The van der Waals surface area contributed by atoms with Gasteiger partial charge in [-0.1, -0.05) is 265 Å². The van der Waals surface area contributed by atoms with Crippen molar-refractivity contribution in [3.05, 3.63) is 0 Å². The molecule has 0 aliphatic heterocycles. The van der Waals surface area contributed by atoms with Crippen LogP contribution in [0, 0.1) is 0 Å². The Labute approximate surface area is 368 Å². The molecule has 0 amide bonds. The smallest absolute Gasteiger partial charge is 0.306 e. The van der Waals surface area contributed by atoms with Gasteiger partial charge < -0.3 is 14.2 Å². The van der Waals surface area contributed by atoms with E-state index in [0.717, 1.165) is 57.8 Å². The van der Waals surface area contributed by atoms with Crippen LogP contribution in [0.4, 0.5) is 0 Å². The van der Waals surface area contributed by atoms with Crippen LogP contribution in [0.25, 0.3) is 0 Å². The molecule has 0 aliphatic carbocycles. The van der Waals surface area contributed by atoms with Crippen LogP contribution in [0.5, 0.6) is 0 Å². The average Bonchev–Trinajstić information content (AvgIpc) is 3.23. The summed E-state index contributed by atoms with van der Waals surface area (Å²) >= 11 is 0. The summed E-state index contributed by atoms with van der Waals surface area (Å²) in [5.74, 6) is -0.839. The number of esters is 3. The lowest BCUT2D eigenvalue weighted by Gasteiger charge is -2.18. The monoisotopic (exact) mass is 835 g/mol. The molecule has 0 aromatic heterocycles. The number of ether oxygens (including phenoxy) is 3. The van der Waals surface area contributed by atoms with Crippen molar-refractivity contribution in [2.75, 3.05) is 13.2 Å². The Morgan fingerprint density at radius 2 is 0.458 bits per heavy atom. The average molecular weight is 835 g/mol. The minimum atomic E-state index is -0.759. The van der Waals surface area contributed by atoms with Crippen LogP contribution in [-0.4, -0.2) is 37.2 Å². The van der Waals surface area contributed by atoms with E-state index < -0.39 is 6.10 Å². The van der Waals surface area contributed by atoms with Gasteiger partial charge in [-0.2, -0.15) is 0 Å². The van der Waals surface area contributed by atoms with Crippen LogP contribution in [0.1, 0.15) is 303 Å². The molecule has 0 N–H and O–H groups in total. The summed E-state index contributed by atoms with van der Waals surface area (Å²) < 4.78 is 16.8. The Kier molecular flexibility index (Phi) is 47.7. The number of hydrogen-bond acceptors (Lipinski definition) is 6. The van der Waals surface area contributed by atoms with Crippen molar-refractivity contribution in [3.63, 3.8) is 0 Å². The molecule has 0 rings (SSSR count). The van der Waals surface area contributed by atoms with Gasteiger partial charge >= 0.3 is 17.9 Å². The van der Waals surface area contributed by atoms with Gasteiger partial charge in [-0.3, -0.25) is 14.4 Å². The quantitative estimate of drug-likeness (QED) is 0.0345. The second-order valence-electron chi connectivity index (χ2n) is 18.2. The zero-order chi connectivity index (χ0) is 43.0.